The van der Waals surface area contributed by atoms with Crippen molar-refractivity contribution in [2.75, 3.05) is 26.9 Å². The molecule has 0 spiro atoms. The lowest BCUT2D eigenvalue weighted by molar-refractivity contribution is -0.139. The number of amides is 2. The molecule has 1 aromatic rings. The van der Waals surface area contributed by atoms with Crippen molar-refractivity contribution in [3.05, 3.63) is 32.1 Å². The number of imide groups is 1. The zero-order valence-corrected chi connectivity index (χ0v) is 16.8. The van der Waals surface area contributed by atoms with Gasteiger partial charge < -0.3 is 14.6 Å². The molecule has 26 heavy (non-hydrogen) atoms. The van der Waals surface area contributed by atoms with E-state index >= 15 is 0 Å². The number of carboxylic acid groups (broad SMARTS) is 1. The fourth-order valence-electron chi connectivity index (χ4n) is 2.15. The molecular formula is C16H15BrClNO6S. The van der Waals surface area contributed by atoms with E-state index in [-0.39, 0.29) is 26.8 Å². The number of benzene rings is 1. The predicted octanol–water partition coefficient (Wildman–Crippen LogP) is 3.64. The summed E-state index contributed by atoms with van der Waals surface area (Å²) in [5.74, 6) is -1.30. The van der Waals surface area contributed by atoms with Crippen molar-refractivity contribution in [2.45, 2.75) is 6.42 Å². The van der Waals surface area contributed by atoms with Gasteiger partial charge in [-0.05, 0) is 57.9 Å². The molecule has 7 nitrogen and oxygen atoms in total. The first-order chi connectivity index (χ1) is 12.3. The van der Waals surface area contributed by atoms with Gasteiger partial charge in [-0.2, -0.15) is 0 Å². The third-order valence-electron chi connectivity index (χ3n) is 3.26. The number of hydrogen-bond acceptors (Lipinski definition) is 6. The molecule has 1 aromatic carbocycles. The summed E-state index contributed by atoms with van der Waals surface area (Å²) < 4.78 is 10.5. The van der Waals surface area contributed by atoms with Crippen molar-refractivity contribution in [1.29, 1.82) is 0 Å². The highest BCUT2D eigenvalue weighted by molar-refractivity contribution is 9.10. The van der Waals surface area contributed by atoms with E-state index < -0.39 is 12.6 Å². The number of methoxy groups -OCH3 is 1. The topological polar surface area (TPSA) is 93.1 Å². The zero-order chi connectivity index (χ0) is 19.3. The van der Waals surface area contributed by atoms with E-state index in [4.69, 9.17) is 26.2 Å². The van der Waals surface area contributed by atoms with Gasteiger partial charge in [0.05, 0.1) is 14.4 Å². The lowest BCUT2D eigenvalue weighted by atomic mass is 10.2. The SMILES string of the molecule is COCCCN1C(=O)S/C(=C/c2cc(Cl)c(OCC(=O)O)c(Br)c2)C1=O. The Kier molecular flexibility index (Phi) is 7.51. The maximum atomic E-state index is 12.4. The lowest BCUT2D eigenvalue weighted by Crippen LogP contribution is -2.29. The highest BCUT2D eigenvalue weighted by Crippen LogP contribution is 2.37. The molecule has 1 saturated heterocycles. The van der Waals surface area contributed by atoms with Crippen LogP contribution in [-0.2, 0) is 14.3 Å². The Morgan fingerprint density at radius 1 is 1.42 bits per heavy atom. The quantitative estimate of drug-likeness (QED) is 0.464. The number of halogens is 2. The van der Waals surface area contributed by atoms with Gasteiger partial charge in [0.15, 0.2) is 12.4 Å². The molecule has 1 heterocycles. The summed E-state index contributed by atoms with van der Waals surface area (Å²) in [6.45, 7) is 0.224. The molecule has 0 unspecified atom stereocenters. The van der Waals surface area contributed by atoms with E-state index in [0.717, 1.165) is 11.8 Å². The third kappa shape index (κ3) is 5.23. The summed E-state index contributed by atoms with van der Waals surface area (Å²) in [5, 5.41) is 8.54. The van der Waals surface area contributed by atoms with Gasteiger partial charge in [-0.15, -0.1) is 0 Å². The average Bonchev–Trinajstić information content (AvgIpc) is 2.81. The van der Waals surface area contributed by atoms with E-state index in [1.807, 2.05) is 0 Å². The van der Waals surface area contributed by atoms with Crippen molar-refractivity contribution in [2.24, 2.45) is 0 Å². The summed E-state index contributed by atoms with van der Waals surface area (Å²) >= 11 is 10.2. The number of ether oxygens (including phenoxy) is 2. The normalized spacial score (nSPS) is 15.8. The zero-order valence-electron chi connectivity index (χ0n) is 13.7. The van der Waals surface area contributed by atoms with Crippen LogP contribution in [0.1, 0.15) is 12.0 Å². The third-order valence-corrected chi connectivity index (χ3v) is 5.04. The number of nitrogens with zero attached hydrogens (tertiary/aromatic N) is 1. The van der Waals surface area contributed by atoms with Crippen molar-refractivity contribution >= 4 is 62.5 Å². The van der Waals surface area contributed by atoms with Crippen LogP contribution in [0.5, 0.6) is 5.75 Å². The smallest absolute Gasteiger partial charge is 0.341 e. The Hall–Kier alpha value is -1.55. The largest absolute Gasteiger partial charge is 0.479 e. The van der Waals surface area contributed by atoms with Gasteiger partial charge in [-0.1, -0.05) is 11.6 Å². The van der Waals surface area contributed by atoms with Crippen molar-refractivity contribution in [3.8, 4) is 5.75 Å². The number of aliphatic carboxylic acids is 1. The van der Waals surface area contributed by atoms with Gasteiger partial charge >= 0.3 is 5.97 Å². The van der Waals surface area contributed by atoms with Crippen molar-refractivity contribution < 1.29 is 29.0 Å². The number of carbonyl (C=O) groups is 3. The van der Waals surface area contributed by atoms with Gasteiger partial charge in [0.25, 0.3) is 11.1 Å². The Balaban J connectivity index is 2.18. The van der Waals surface area contributed by atoms with E-state index in [0.29, 0.717) is 29.6 Å². The molecule has 1 aliphatic rings. The van der Waals surface area contributed by atoms with Gasteiger partial charge in [0.2, 0.25) is 0 Å². The minimum Gasteiger partial charge on any atom is -0.479 e. The molecule has 1 aliphatic heterocycles. The minimum absolute atomic E-state index is 0.186. The summed E-state index contributed by atoms with van der Waals surface area (Å²) in [4.78, 5) is 36.4. The molecule has 10 heteroatoms. The molecule has 0 bridgehead atoms. The van der Waals surface area contributed by atoms with Gasteiger partial charge in [-0.25, -0.2) is 4.79 Å². The van der Waals surface area contributed by atoms with Crippen LogP contribution in [0, 0.1) is 0 Å². The molecule has 0 aromatic heterocycles. The molecule has 2 amide bonds. The highest BCUT2D eigenvalue weighted by Gasteiger charge is 2.34. The molecule has 1 fully saturated rings. The van der Waals surface area contributed by atoms with Crippen LogP contribution in [0.2, 0.25) is 5.02 Å². The highest BCUT2D eigenvalue weighted by atomic mass is 79.9. The summed E-state index contributed by atoms with van der Waals surface area (Å²) in [6, 6.07) is 3.16. The Morgan fingerprint density at radius 3 is 2.77 bits per heavy atom. The Bertz CT molecular complexity index is 746. The van der Waals surface area contributed by atoms with E-state index in [1.165, 1.54) is 11.0 Å². The Labute approximate surface area is 167 Å². The molecule has 0 saturated carbocycles. The first-order valence-corrected chi connectivity index (χ1v) is 9.40. The monoisotopic (exact) mass is 463 g/mol. The van der Waals surface area contributed by atoms with Crippen LogP contribution in [0.4, 0.5) is 4.79 Å². The number of rotatable bonds is 8. The van der Waals surface area contributed by atoms with Crippen molar-refractivity contribution in [3.63, 3.8) is 0 Å². The molecular weight excluding hydrogens is 450 g/mol. The second-order valence-corrected chi connectivity index (χ2v) is 7.43. The van der Waals surface area contributed by atoms with Crippen LogP contribution >= 0.6 is 39.3 Å². The Morgan fingerprint density at radius 2 is 2.15 bits per heavy atom. The average molecular weight is 465 g/mol. The molecule has 140 valence electrons. The first-order valence-electron chi connectivity index (χ1n) is 7.41. The van der Waals surface area contributed by atoms with Crippen LogP contribution < -0.4 is 4.74 Å². The van der Waals surface area contributed by atoms with Gasteiger partial charge in [0.1, 0.15) is 0 Å². The van der Waals surface area contributed by atoms with Gasteiger partial charge in [0, 0.05) is 20.3 Å². The molecule has 0 atom stereocenters. The number of carboxylic acids is 1. The second kappa shape index (κ2) is 9.40. The molecule has 0 radical (unpaired) electrons. The maximum absolute atomic E-state index is 12.4. The summed E-state index contributed by atoms with van der Waals surface area (Å²) in [7, 11) is 1.55. The number of carbonyl (C=O) groups excluding carboxylic acids is 2. The second-order valence-electron chi connectivity index (χ2n) is 5.18. The van der Waals surface area contributed by atoms with E-state index in [2.05, 4.69) is 15.9 Å². The van der Waals surface area contributed by atoms with Crippen LogP contribution in [0.25, 0.3) is 6.08 Å². The minimum atomic E-state index is -1.13. The lowest BCUT2D eigenvalue weighted by Gasteiger charge is -2.11. The fraction of sp³-hybridized carbons (Fsp3) is 0.312. The van der Waals surface area contributed by atoms with E-state index in [9.17, 15) is 14.4 Å². The van der Waals surface area contributed by atoms with Gasteiger partial charge in [-0.3, -0.25) is 14.5 Å². The van der Waals surface area contributed by atoms with E-state index in [1.54, 1.807) is 19.3 Å². The standard InChI is InChI=1S/C16H15BrClNO6S/c1-24-4-2-3-19-15(22)12(26-16(19)23)7-9-5-10(17)14(11(18)6-9)25-8-13(20)21/h5-7H,2-4,8H2,1H3,(H,20,21)/b12-7+. The number of hydrogen-bond donors (Lipinski definition) is 1. The molecule has 0 aliphatic carbocycles. The summed E-state index contributed by atoms with van der Waals surface area (Å²) in [5.41, 5.74) is 0.576. The van der Waals surface area contributed by atoms with Crippen molar-refractivity contribution in [1.82, 2.24) is 4.90 Å². The summed E-state index contributed by atoms with van der Waals surface area (Å²) in [6.07, 6.45) is 2.12. The fourth-order valence-corrected chi connectivity index (χ4v) is 4.00. The molecule has 2 rings (SSSR count). The van der Waals surface area contributed by atoms with Crippen LogP contribution in [-0.4, -0.2) is 54.0 Å². The predicted molar refractivity (Wildman–Crippen MR) is 101 cm³/mol. The maximum Gasteiger partial charge on any atom is 0.341 e. The number of thioether (sulfide) groups is 1. The first kappa shape index (κ1) is 20.8. The molecule has 1 N–H and O–H groups in total. The van der Waals surface area contributed by atoms with Crippen LogP contribution in [0.15, 0.2) is 21.5 Å². The van der Waals surface area contributed by atoms with Crippen LogP contribution in [0.3, 0.4) is 0 Å².